The monoisotopic (exact) mass is 340 g/mol. The molecule has 0 atom stereocenters. The van der Waals surface area contributed by atoms with Crippen molar-refractivity contribution in [2.45, 2.75) is 26.1 Å². The predicted molar refractivity (Wildman–Crippen MR) is 74.8 cm³/mol. The van der Waals surface area contributed by atoms with Gasteiger partial charge in [-0.1, -0.05) is 5.16 Å². The van der Waals surface area contributed by atoms with Gasteiger partial charge in [0.15, 0.2) is 5.69 Å². The molecule has 0 aliphatic rings. The summed E-state index contributed by atoms with van der Waals surface area (Å²) in [7, 11) is 0. The largest absolute Gasteiger partial charge is 0.433 e. The van der Waals surface area contributed by atoms with E-state index in [4.69, 9.17) is 4.52 Å². The van der Waals surface area contributed by atoms with E-state index in [-0.39, 0.29) is 23.0 Å². The molecule has 0 unspecified atom stereocenters. The Balaban J connectivity index is 2.08. The van der Waals surface area contributed by atoms with Crippen molar-refractivity contribution in [3.05, 3.63) is 34.6 Å². The molecule has 0 amide bonds. The van der Waals surface area contributed by atoms with E-state index < -0.39 is 23.5 Å². The van der Waals surface area contributed by atoms with Gasteiger partial charge in [-0.05, 0) is 13.8 Å². The second-order valence-electron chi connectivity index (χ2n) is 5.16. The highest BCUT2D eigenvalue weighted by Crippen LogP contribution is 2.38. The number of hydrogen-bond donors (Lipinski definition) is 1. The summed E-state index contributed by atoms with van der Waals surface area (Å²) in [6.45, 7) is 3.16. The van der Waals surface area contributed by atoms with E-state index in [2.05, 4.69) is 25.2 Å². The van der Waals surface area contributed by atoms with Crippen LogP contribution in [0.4, 0.5) is 13.2 Å². The predicted octanol–water partition coefficient (Wildman–Crippen LogP) is 2.28. The molecular weight excluding hydrogens is 329 g/mol. The second-order valence-corrected chi connectivity index (χ2v) is 5.16. The van der Waals surface area contributed by atoms with Crippen LogP contribution in [0.1, 0.15) is 25.6 Å². The maximum absolute atomic E-state index is 13.4. The zero-order valence-electron chi connectivity index (χ0n) is 12.5. The lowest BCUT2D eigenvalue weighted by atomic mass is 10.2. The summed E-state index contributed by atoms with van der Waals surface area (Å²) in [6, 6.07) is -0.501. The van der Waals surface area contributed by atoms with E-state index in [1.165, 1.54) is 6.20 Å². The average Bonchev–Trinajstić information content (AvgIpc) is 3.14. The van der Waals surface area contributed by atoms with Crippen molar-refractivity contribution in [2.24, 2.45) is 0 Å². The quantitative estimate of drug-likeness (QED) is 0.785. The van der Waals surface area contributed by atoms with E-state index in [9.17, 15) is 18.0 Å². The SMILES string of the molecule is CC(C)n1ncc(-c2nc(-c3c[nH]c(=O)cn3)no2)c1C(F)(F)F. The molecule has 126 valence electrons. The summed E-state index contributed by atoms with van der Waals surface area (Å²) < 4.78 is 45.8. The van der Waals surface area contributed by atoms with Crippen LogP contribution in [-0.4, -0.2) is 29.9 Å². The van der Waals surface area contributed by atoms with E-state index in [0.29, 0.717) is 0 Å². The lowest BCUT2D eigenvalue weighted by Crippen LogP contribution is -2.17. The Morgan fingerprint density at radius 3 is 2.62 bits per heavy atom. The number of aromatic nitrogens is 6. The molecule has 3 rings (SSSR count). The number of nitrogens with zero attached hydrogens (tertiary/aromatic N) is 5. The van der Waals surface area contributed by atoms with Crippen molar-refractivity contribution in [3.63, 3.8) is 0 Å². The van der Waals surface area contributed by atoms with Crippen LogP contribution in [0.15, 0.2) is 27.9 Å². The molecule has 0 saturated heterocycles. The third kappa shape index (κ3) is 2.79. The van der Waals surface area contributed by atoms with Crippen LogP contribution in [0.25, 0.3) is 23.0 Å². The molecule has 0 aromatic carbocycles. The molecule has 3 aromatic heterocycles. The topological polar surface area (TPSA) is 102 Å². The summed E-state index contributed by atoms with van der Waals surface area (Å²) in [4.78, 5) is 21.0. The molecule has 3 aromatic rings. The molecule has 1 N–H and O–H groups in total. The van der Waals surface area contributed by atoms with Gasteiger partial charge in [0.2, 0.25) is 5.82 Å². The molecule has 0 aliphatic carbocycles. The smallest absolute Gasteiger partial charge is 0.333 e. The van der Waals surface area contributed by atoms with E-state index >= 15 is 0 Å². The van der Waals surface area contributed by atoms with Crippen LogP contribution in [0.5, 0.6) is 0 Å². The van der Waals surface area contributed by atoms with Crippen LogP contribution in [-0.2, 0) is 6.18 Å². The molecule has 11 heteroatoms. The molecule has 0 aliphatic heterocycles. The summed E-state index contributed by atoms with van der Waals surface area (Å²) >= 11 is 0. The summed E-state index contributed by atoms with van der Waals surface area (Å²) in [5, 5.41) is 7.35. The van der Waals surface area contributed by atoms with Gasteiger partial charge in [0.05, 0.1) is 18.0 Å². The first-order chi connectivity index (χ1) is 11.3. The van der Waals surface area contributed by atoms with Crippen molar-refractivity contribution in [2.75, 3.05) is 0 Å². The first kappa shape index (κ1) is 15.9. The van der Waals surface area contributed by atoms with Gasteiger partial charge < -0.3 is 9.51 Å². The highest BCUT2D eigenvalue weighted by molar-refractivity contribution is 5.59. The fourth-order valence-corrected chi connectivity index (χ4v) is 2.09. The van der Waals surface area contributed by atoms with Crippen LogP contribution >= 0.6 is 0 Å². The fraction of sp³-hybridized carbons (Fsp3) is 0.308. The average molecular weight is 340 g/mol. The number of alkyl halides is 3. The Hall–Kier alpha value is -2.98. The number of aromatic amines is 1. The van der Waals surface area contributed by atoms with Crippen molar-refractivity contribution in [1.82, 2.24) is 29.9 Å². The van der Waals surface area contributed by atoms with Crippen LogP contribution in [0, 0.1) is 0 Å². The highest BCUT2D eigenvalue weighted by Gasteiger charge is 2.40. The summed E-state index contributed by atoms with van der Waals surface area (Å²) in [5.74, 6) is -0.385. The van der Waals surface area contributed by atoms with Crippen LogP contribution < -0.4 is 5.56 Å². The van der Waals surface area contributed by atoms with Gasteiger partial charge in [0.1, 0.15) is 5.69 Å². The molecule has 0 spiro atoms. The zero-order chi connectivity index (χ0) is 17.5. The fourth-order valence-electron chi connectivity index (χ4n) is 2.09. The Morgan fingerprint density at radius 2 is 2.04 bits per heavy atom. The normalized spacial score (nSPS) is 12.1. The zero-order valence-corrected chi connectivity index (χ0v) is 12.5. The molecule has 3 heterocycles. The highest BCUT2D eigenvalue weighted by atomic mass is 19.4. The van der Waals surface area contributed by atoms with Gasteiger partial charge in [-0.2, -0.15) is 23.3 Å². The van der Waals surface area contributed by atoms with E-state index in [0.717, 1.165) is 17.1 Å². The van der Waals surface area contributed by atoms with Crippen LogP contribution in [0.3, 0.4) is 0 Å². The van der Waals surface area contributed by atoms with Gasteiger partial charge in [0.25, 0.3) is 11.4 Å². The minimum atomic E-state index is -4.64. The van der Waals surface area contributed by atoms with Crippen molar-refractivity contribution >= 4 is 0 Å². The number of halogens is 3. The third-order valence-electron chi connectivity index (χ3n) is 3.11. The maximum atomic E-state index is 13.4. The standard InChI is InChI=1S/C13H11F3N6O2/c1-6(2)22-10(13(14,15)16)7(3-19-22)12-20-11(21-24-12)8-4-18-9(23)5-17-8/h3-6H,1-2H3,(H,18,23). The maximum Gasteiger partial charge on any atom is 0.433 e. The number of rotatable bonds is 3. The van der Waals surface area contributed by atoms with Crippen molar-refractivity contribution < 1.29 is 17.7 Å². The minimum Gasteiger partial charge on any atom is -0.333 e. The van der Waals surface area contributed by atoms with Crippen LogP contribution in [0.2, 0.25) is 0 Å². The molecule has 8 nitrogen and oxygen atoms in total. The Labute approximate surface area is 132 Å². The summed E-state index contributed by atoms with van der Waals surface area (Å²) in [5.41, 5.74) is -1.56. The minimum absolute atomic E-state index is 0.0494. The van der Waals surface area contributed by atoms with Gasteiger partial charge in [-0.3, -0.25) is 9.48 Å². The number of H-pyrrole nitrogens is 1. The lowest BCUT2D eigenvalue weighted by molar-refractivity contribution is -0.144. The van der Waals surface area contributed by atoms with E-state index in [1.807, 2.05) is 0 Å². The Kier molecular flexibility index (Phi) is 3.70. The molecule has 0 bridgehead atoms. The molecular formula is C13H11F3N6O2. The molecule has 24 heavy (non-hydrogen) atoms. The van der Waals surface area contributed by atoms with Crippen molar-refractivity contribution in [1.29, 1.82) is 0 Å². The van der Waals surface area contributed by atoms with Crippen molar-refractivity contribution in [3.8, 4) is 23.0 Å². The molecule has 0 saturated carbocycles. The molecule has 0 radical (unpaired) electrons. The third-order valence-corrected chi connectivity index (χ3v) is 3.11. The number of nitrogens with one attached hydrogen (secondary N) is 1. The van der Waals surface area contributed by atoms with Gasteiger partial charge >= 0.3 is 6.18 Å². The lowest BCUT2D eigenvalue weighted by Gasteiger charge is -2.14. The summed E-state index contributed by atoms with van der Waals surface area (Å²) in [6.07, 6.45) is -1.37. The first-order valence-corrected chi connectivity index (χ1v) is 6.81. The molecule has 0 fully saturated rings. The Bertz CT molecular complexity index is 904. The van der Waals surface area contributed by atoms with Gasteiger partial charge in [-0.15, -0.1) is 0 Å². The Morgan fingerprint density at radius 1 is 1.29 bits per heavy atom. The first-order valence-electron chi connectivity index (χ1n) is 6.81. The second kappa shape index (κ2) is 5.58. The van der Waals surface area contributed by atoms with E-state index in [1.54, 1.807) is 13.8 Å². The van der Waals surface area contributed by atoms with Gasteiger partial charge in [0, 0.05) is 12.2 Å². The van der Waals surface area contributed by atoms with Gasteiger partial charge in [-0.25, -0.2) is 4.98 Å². The number of hydrogen-bond acceptors (Lipinski definition) is 6.